The smallest absolute Gasteiger partial charge is 0.423 e. The molecule has 0 bridgehead atoms. The number of aromatic nitrogens is 1. The van der Waals surface area contributed by atoms with Crippen molar-refractivity contribution in [2.45, 2.75) is 64.3 Å². The number of carbonyl (C=O) groups excluding carboxylic acids is 1. The number of ether oxygens (including phenoxy) is 1. The monoisotopic (exact) mass is 498 g/mol. The van der Waals surface area contributed by atoms with Gasteiger partial charge in [-0.1, -0.05) is 6.07 Å². The SMILES string of the molecule is Cc1nc(N(C2CCOCC2)S(=O)(=O)[N-]C(=O)Nc2c3c(cc4c2CCC4)CCC3)cs1.[Na+]. The van der Waals surface area contributed by atoms with Crippen LogP contribution in [0.25, 0.3) is 4.72 Å². The number of urea groups is 1. The number of nitrogens with zero attached hydrogens (tertiary/aromatic N) is 3. The number of amides is 2. The standard InChI is InChI=1S/C22H28N4O4S2.Na/c1-14-23-20(13-31-14)26(17-8-10-30-11-9-17)32(28,29)25-22(27)24-21-18-6-2-4-15(18)12-16-5-3-7-19(16)21;/h12-13,17H,2-11H2,1H3,(H2,24,25,27);/q;+1/p-1. The number of hydrogen-bond donors (Lipinski definition) is 1. The van der Waals surface area contributed by atoms with Crippen molar-refractivity contribution < 1.29 is 47.5 Å². The number of aryl methyl sites for hydroxylation is 3. The molecule has 1 saturated heterocycles. The average Bonchev–Trinajstić information content (AvgIpc) is 3.49. The van der Waals surface area contributed by atoms with Gasteiger partial charge < -0.3 is 14.8 Å². The van der Waals surface area contributed by atoms with E-state index in [1.54, 1.807) is 5.38 Å². The number of nitrogens with one attached hydrogen (secondary N) is 1. The van der Waals surface area contributed by atoms with Crippen LogP contribution in [-0.2, 0) is 40.6 Å². The molecule has 0 spiro atoms. The second-order valence-corrected chi connectivity index (χ2v) is 11.1. The molecule has 5 rings (SSSR count). The summed E-state index contributed by atoms with van der Waals surface area (Å²) in [4.78, 5) is 17.3. The van der Waals surface area contributed by atoms with E-state index in [0.717, 1.165) is 60.3 Å². The van der Waals surface area contributed by atoms with Gasteiger partial charge in [-0.15, -0.1) is 11.3 Å². The van der Waals surface area contributed by atoms with Gasteiger partial charge in [0.15, 0.2) is 11.8 Å². The van der Waals surface area contributed by atoms with E-state index in [-0.39, 0.29) is 35.6 Å². The topological polar surface area (TPSA) is 103 Å². The molecule has 11 heteroatoms. The maximum absolute atomic E-state index is 13.3. The van der Waals surface area contributed by atoms with E-state index in [1.807, 2.05) is 6.92 Å². The minimum atomic E-state index is -4.27. The van der Waals surface area contributed by atoms with Crippen LogP contribution in [0.4, 0.5) is 16.3 Å². The second kappa shape index (κ2) is 10.2. The third kappa shape index (κ3) is 5.11. The van der Waals surface area contributed by atoms with Gasteiger partial charge in [0.1, 0.15) is 0 Å². The molecule has 1 aromatic carbocycles. The summed E-state index contributed by atoms with van der Waals surface area (Å²) in [6, 6.07) is 1.09. The summed E-state index contributed by atoms with van der Waals surface area (Å²) in [5.74, 6) is 0.317. The third-order valence-electron chi connectivity index (χ3n) is 6.51. The zero-order valence-corrected chi connectivity index (χ0v) is 22.7. The van der Waals surface area contributed by atoms with Crippen molar-refractivity contribution in [3.8, 4) is 0 Å². The number of thiazole rings is 1. The van der Waals surface area contributed by atoms with Crippen molar-refractivity contribution in [2.24, 2.45) is 0 Å². The summed E-state index contributed by atoms with van der Waals surface area (Å²) >= 11 is 1.37. The van der Waals surface area contributed by atoms with Gasteiger partial charge in [-0.25, -0.2) is 17.7 Å². The van der Waals surface area contributed by atoms with Gasteiger partial charge >= 0.3 is 29.6 Å². The van der Waals surface area contributed by atoms with Crippen molar-refractivity contribution in [1.82, 2.24) is 4.98 Å². The second-order valence-electron chi connectivity index (χ2n) is 8.60. The van der Waals surface area contributed by atoms with Gasteiger partial charge in [0.25, 0.3) is 10.2 Å². The third-order valence-corrected chi connectivity index (χ3v) is 8.65. The summed E-state index contributed by atoms with van der Waals surface area (Å²) in [5, 5.41) is 5.32. The number of benzene rings is 1. The van der Waals surface area contributed by atoms with Crippen LogP contribution < -0.4 is 39.2 Å². The Hall–Kier alpha value is -1.17. The van der Waals surface area contributed by atoms with E-state index in [2.05, 4.69) is 21.1 Å². The van der Waals surface area contributed by atoms with Crippen molar-refractivity contribution in [1.29, 1.82) is 0 Å². The first kappa shape index (κ1) is 24.9. The Balaban J connectivity index is 0.00000259. The molecule has 172 valence electrons. The van der Waals surface area contributed by atoms with Crippen LogP contribution in [0, 0.1) is 6.92 Å². The maximum atomic E-state index is 13.3. The normalized spacial score (nSPS) is 17.7. The Morgan fingerprint density at radius 1 is 1.15 bits per heavy atom. The molecule has 0 atom stereocenters. The largest absolute Gasteiger partial charge is 1.00 e. The Kier molecular flexibility index (Phi) is 7.72. The first-order chi connectivity index (χ1) is 15.4. The molecule has 3 aliphatic rings. The van der Waals surface area contributed by atoms with Crippen molar-refractivity contribution in [3.63, 3.8) is 0 Å². The molecule has 8 nitrogen and oxygen atoms in total. The van der Waals surface area contributed by atoms with Crippen LogP contribution >= 0.6 is 11.3 Å². The predicted octanol–water partition coefficient (Wildman–Crippen LogP) is 1.27. The fourth-order valence-corrected chi connectivity index (χ4v) is 7.03. The van der Waals surface area contributed by atoms with Crippen LogP contribution in [0.1, 0.15) is 52.9 Å². The van der Waals surface area contributed by atoms with Crippen molar-refractivity contribution in [3.05, 3.63) is 43.4 Å². The van der Waals surface area contributed by atoms with Crippen LogP contribution in [0.2, 0.25) is 0 Å². The molecule has 0 saturated carbocycles. The molecule has 2 aliphatic carbocycles. The van der Waals surface area contributed by atoms with Gasteiger partial charge in [0, 0.05) is 18.6 Å². The number of fused-ring (bicyclic) bond motifs is 2. The molecular weight excluding hydrogens is 471 g/mol. The summed E-state index contributed by atoms with van der Waals surface area (Å²) in [6.07, 6.45) is 6.98. The molecule has 2 heterocycles. The predicted molar refractivity (Wildman–Crippen MR) is 125 cm³/mol. The van der Waals surface area contributed by atoms with Crippen LogP contribution in [-0.4, -0.2) is 38.7 Å². The van der Waals surface area contributed by atoms with E-state index in [1.165, 1.54) is 26.8 Å². The molecule has 2 amide bonds. The number of carbonyl (C=O) groups is 1. The molecule has 1 N–H and O–H groups in total. The maximum Gasteiger partial charge on any atom is 1.00 e. The minimum Gasteiger partial charge on any atom is -0.423 e. The summed E-state index contributed by atoms with van der Waals surface area (Å²) in [6.45, 7) is 2.76. The van der Waals surface area contributed by atoms with Gasteiger partial charge in [-0.2, -0.15) is 0 Å². The van der Waals surface area contributed by atoms with Crippen molar-refractivity contribution >= 4 is 39.1 Å². The van der Waals surface area contributed by atoms with Crippen LogP contribution in [0.5, 0.6) is 0 Å². The van der Waals surface area contributed by atoms with Gasteiger partial charge in [-0.3, -0.25) is 4.79 Å². The van der Waals surface area contributed by atoms with E-state index in [0.29, 0.717) is 31.9 Å². The molecule has 1 aliphatic heterocycles. The van der Waals surface area contributed by atoms with Gasteiger partial charge in [0.05, 0.1) is 11.0 Å². The molecule has 2 aromatic rings. The molecule has 0 radical (unpaired) electrons. The number of anilines is 2. The fourth-order valence-electron chi connectivity index (χ4n) is 5.11. The zero-order valence-electron chi connectivity index (χ0n) is 19.1. The Morgan fingerprint density at radius 2 is 1.79 bits per heavy atom. The Morgan fingerprint density at radius 3 is 2.36 bits per heavy atom. The molecule has 1 aromatic heterocycles. The Labute approximate surface area is 221 Å². The first-order valence-corrected chi connectivity index (χ1v) is 13.4. The summed E-state index contributed by atoms with van der Waals surface area (Å²) in [7, 11) is -4.27. The van der Waals surface area contributed by atoms with Crippen LogP contribution in [0.3, 0.4) is 0 Å². The van der Waals surface area contributed by atoms with Gasteiger partial charge in [0.2, 0.25) is 0 Å². The molecule has 33 heavy (non-hydrogen) atoms. The first-order valence-electron chi connectivity index (χ1n) is 11.2. The van der Waals surface area contributed by atoms with E-state index in [4.69, 9.17) is 4.74 Å². The van der Waals surface area contributed by atoms with Crippen LogP contribution in [0.15, 0.2) is 11.4 Å². The van der Waals surface area contributed by atoms with E-state index in [9.17, 15) is 13.2 Å². The summed E-state index contributed by atoms with van der Waals surface area (Å²) < 4.78 is 37.0. The number of rotatable bonds is 5. The van der Waals surface area contributed by atoms with Crippen molar-refractivity contribution in [2.75, 3.05) is 22.8 Å². The van der Waals surface area contributed by atoms with Gasteiger partial charge in [-0.05, 0) is 86.2 Å². The quantitative estimate of drug-likeness (QED) is 0.626. The zero-order chi connectivity index (χ0) is 22.3. The van der Waals surface area contributed by atoms with E-state index < -0.39 is 16.2 Å². The molecular formula is C22H27N4NaO4S2. The molecule has 0 unspecified atom stereocenters. The average molecular weight is 499 g/mol. The minimum absolute atomic E-state index is 0. The Bertz CT molecular complexity index is 1110. The fraction of sp³-hybridized carbons (Fsp3) is 0.545. The molecule has 1 fully saturated rings. The van der Waals surface area contributed by atoms with E-state index >= 15 is 0 Å². The summed E-state index contributed by atoms with van der Waals surface area (Å²) in [5.41, 5.74) is 5.61. The number of hydrogen-bond acceptors (Lipinski definition) is 6.